The number of nitrogens with zero attached hydrogens (tertiary/aromatic N) is 1. The lowest BCUT2D eigenvalue weighted by atomic mass is 9.81. The molecule has 0 radical (unpaired) electrons. The first-order chi connectivity index (χ1) is 8.08. The monoisotopic (exact) mass is 235 g/mol. The van der Waals surface area contributed by atoms with Crippen molar-refractivity contribution in [1.82, 2.24) is 4.90 Å². The summed E-state index contributed by atoms with van der Waals surface area (Å²) >= 11 is 0. The van der Waals surface area contributed by atoms with Crippen LogP contribution in [0, 0.1) is 5.82 Å². The normalized spacial score (nSPS) is 37.4. The van der Waals surface area contributed by atoms with Crippen molar-refractivity contribution in [1.29, 1.82) is 0 Å². The summed E-state index contributed by atoms with van der Waals surface area (Å²) in [4.78, 5) is 2.39. The highest BCUT2D eigenvalue weighted by Gasteiger charge is 2.46. The SMILES string of the molecule is CN1[C@H]2CC[C@H]1CC(O)(c1ccc(F)cc1)C2. The number of fused-ring (bicyclic) bond motifs is 2. The lowest BCUT2D eigenvalue weighted by molar-refractivity contribution is -0.0493. The molecule has 0 saturated carbocycles. The second-order valence-corrected chi connectivity index (χ2v) is 5.50. The molecule has 92 valence electrons. The smallest absolute Gasteiger partial charge is 0.123 e. The van der Waals surface area contributed by atoms with Gasteiger partial charge in [-0.15, -0.1) is 0 Å². The predicted octanol–water partition coefficient (Wildman–Crippen LogP) is 2.27. The molecule has 2 bridgehead atoms. The molecule has 1 aromatic carbocycles. The number of halogens is 1. The Kier molecular flexibility index (Phi) is 2.49. The maximum Gasteiger partial charge on any atom is 0.123 e. The van der Waals surface area contributed by atoms with Gasteiger partial charge < -0.3 is 10.0 Å². The van der Waals surface area contributed by atoms with Crippen LogP contribution >= 0.6 is 0 Å². The Bertz CT molecular complexity index is 403. The van der Waals surface area contributed by atoms with Gasteiger partial charge in [-0.25, -0.2) is 4.39 Å². The average Bonchev–Trinajstić information content (AvgIpc) is 2.53. The zero-order valence-electron chi connectivity index (χ0n) is 10.1. The molecule has 2 nitrogen and oxygen atoms in total. The van der Waals surface area contributed by atoms with E-state index in [1.165, 1.54) is 25.0 Å². The van der Waals surface area contributed by atoms with Crippen LogP contribution < -0.4 is 0 Å². The Labute approximate surface area is 101 Å². The molecule has 2 aliphatic heterocycles. The Hall–Kier alpha value is -0.930. The van der Waals surface area contributed by atoms with Gasteiger partial charge in [0.1, 0.15) is 5.82 Å². The van der Waals surface area contributed by atoms with Gasteiger partial charge in [-0.3, -0.25) is 0 Å². The van der Waals surface area contributed by atoms with E-state index in [0.717, 1.165) is 18.4 Å². The number of aliphatic hydroxyl groups is 1. The maximum atomic E-state index is 12.9. The van der Waals surface area contributed by atoms with Crippen LogP contribution in [0.15, 0.2) is 24.3 Å². The van der Waals surface area contributed by atoms with E-state index in [-0.39, 0.29) is 5.82 Å². The van der Waals surface area contributed by atoms with Crippen molar-refractivity contribution in [2.24, 2.45) is 0 Å². The molecule has 2 fully saturated rings. The molecule has 3 rings (SSSR count). The Morgan fingerprint density at radius 2 is 1.71 bits per heavy atom. The minimum absolute atomic E-state index is 0.242. The van der Waals surface area contributed by atoms with Crippen LogP contribution in [0.4, 0.5) is 4.39 Å². The van der Waals surface area contributed by atoms with E-state index in [9.17, 15) is 9.50 Å². The van der Waals surface area contributed by atoms with Crippen molar-refractivity contribution < 1.29 is 9.50 Å². The lowest BCUT2D eigenvalue weighted by Crippen LogP contribution is -2.47. The summed E-state index contributed by atoms with van der Waals surface area (Å²) in [7, 11) is 2.15. The molecule has 1 N–H and O–H groups in total. The molecule has 0 spiro atoms. The van der Waals surface area contributed by atoms with Crippen molar-refractivity contribution in [3.8, 4) is 0 Å². The minimum atomic E-state index is -0.758. The van der Waals surface area contributed by atoms with Crippen LogP contribution in [0.25, 0.3) is 0 Å². The lowest BCUT2D eigenvalue weighted by Gasteiger charge is -2.42. The highest BCUT2D eigenvalue weighted by Crippen LogP contribution is 2.44. The summed E-state index contributed by atoms with van der Waals surface area (Å²) in [6.07, 6.45) is 3.88. The number of benzene rings is 1. The molecule has 17 heavy (non-hydrogen) atoms. The Morgan fingerprint density at radius 1 is 1.18 bits per heavy atom. The Balaban J connectivity index is 1.90. The van der Waals surface area contributed by atoms with Crippen molar-refractivity contribution in [3.63, 3.8) is 0 Å². The van der Waals surface area contributed by atoms with Crippen molar-refractivity contribution in [2.75, 3.05) is 7.05 Å². The largest absolute Gasteiger partial charge is 0.385 e. The van der Waals surface area contributed by atoms with E-state index in [1.807, 2.05) is 0 Å². The molecule has 2 aliphatic rings. The van der Waals surface area contributed by atoms with Gasteiger partial charge in [-0.1, -0.05) is 12.1 Å². The fourth-order valence-electron chi connectivity index (χ4n) is 3.44. The summed E-state index contributed by atoms with van der Waals surface area (Å²) in [5.41, 5.74) is 0.107. The van der Waals surface area contributed by atoms with E-state index in [1.54, 1.807) is 12.1 Å². The average molecular weight is 235 g/mol. The first-order valence-corrected chi connectivity index (χ1v) is 6.29. The third-order valence-corrected chi connectivity index (χ3v) is 4.51. The van der Waals surface area contributed by atoms with Gasteiger partial charge in [0.25, 0.3) is 0 Å². The highest BCUT2D eigenvalue weighted by atomic mass is 19.1. The summed E-state index contributed by atoms with van der Waals surface area (Å²) in [6, 6.07) is 7.27. The van der Waals surface area contributed by atoms with Crippen LogP contribution in [0.2, 0.25) is 0 Å². The number of hydrogen-bond donors (Lipinski definition) is 1. The summed E-state index contributed by atoms with van der Waals surface area (Å²) < 4.78 is 12.9. The molecule has 2 saturated heterocycles. The van der Waals surface area contributed by atoms with Gasteiger partial charge in [-0.2, -0.15) is 0 Å². The Morgan fingerprint density at radius 3 is 2.24 bits per heavy atom. The van der Waals surface area contributed by atoms with Crippen LogP contribution in [0.3, 0.4) is 0 Å². The summed E-state index contributed by atoms with van der Waals surface area (Å²) in [6.45, 7) is 0. The molecule has 0 unspecified atom stereocenters. The fraction of sp³-hybridized carbons (Fsp3) is 0.571. The van der Waals surface area contributed by atoms with Gasteiger partial charge in [0.2, 0.25) is 0 Å². The molecule has 1 aromatic rings. The van der Waals surface area contributed by atoms with Crippen molar-refractivity contribution in [2.45, 2.75) is 43.4 Å². The molecule has 3 heteroatoms. The van der Waals surface area contributed by atoms with Gasteiger partial charge in [-0.05, 0) is 50.4 Å². The van der Waals surface area contributed by atoms with E-state index >= 15 is 0 Å². The first-order valence-electron chi connectivity index (χ1n) is 6.29. The third kappa shape index (κ3) is 1.78. The van der Waals surface area contributed by atoms with E-state index in [4.69, 9.17) is 0 Å². The topological polar surface area (TPSA) is 23.5 Å². The quantitative estimate of drug-likeness (QED) is 0.807. The molecule has 0 amide bonds. The van der Waals surface area contributed by atoms with Crippen LogP contribution in [-0.2, 0) is 5.60 Å². The van der Waals surface area contributed by atoms with Gasteiger partial charge >= 0.3 is 0 Å². The summed E-state index contributed by atoms with van der Waals surface area (Å²) in [5, 5.41) is 10.8. The van der Waals surface area contributed by atoms with E-state index in [0.29, 0.717) is 12.1 Å². The highest BCUT2D eigenvalue weighted by molar-refractivity contribution is 5.25. The fourth-order valence-corrected chi connectivity index (χ4v) is 3.44. The predicted molar refractivity (Wildman–Crippen MR) is 64.1 cm³/mol. The van der Waals surface area contributed by atoms with Crippen LogP contribution in [-0.4, -0.2) is 29.1 Å². The second-order valence-electron chi connectivity index (χ2n) is 5.50. The number of piperidine rings is 1. The second kappa shape index (κ2) is 3.79. The van der Waals surface area contributed by atoms with Gasteiger partial charge in [0, 0.05) is 12.1 Å². The molecule has 2 heterocycles. The zero-order valence-corrected chi connectivity index (χ0v) is 10.1. The van der Waals surface area contributed by atoms with Crippen LogP contribution in [0.5, 0.6) is 0 Å². The van der Waals surface area contributed by atoms with Crippen molar-refractivity contribution >= 4 is 0 Å². The summed E-state index contributed by atoms with van der Waals surface area (Å²) in [5.74, 6) is -0.242. The molecule has 0 aliphatic carbocycles. The van der Waals surface area contributed by atoms with Crippen LogP contribution in [0.1, 0.15) is 31.2 Å². The molecular formula is C14H18FNO. The molecule has 2 atom stereocenters. The standard InChI is InChI=1S/C14H18FNO/c1-16-12-6-7-13(16)9-14(17,8-12)10-2-4-11(15)5-3-10/h2-5,12-13,17H,6-9H2,1H3/t12-,13-/m0/s1. The first kappa shape index (κ1) is 11.2. The van der Waals surface area contributed by atoms with Crippen molar-refractivity contribution in [3.05, 3.63) is 35.6 Å². The zero-order chi connectivity index (χ0) is 12.0. The number of hydrogen-bond acceptors (Lipinski definition) is 2. The van der Waals surface area contributed by atoms with E-state index in [2.05, 4.69) is 11.9 Å². The maximum absolute atomic E-state index is 12.9. The molecular weight excluding hydrogens is 217 g/mol. The van der Waals surface area contributed by atoms with Gasteiger partial charge in [0.05, 0.1) is 5.60 Å². The number of rotatable bonds is 1. The van der Waals surface area contributed by atoms with E-state index < -0.39 is 5.60 Å². The third-order valence-electron chi connectivity index (χ3n) is 4.51. The van der Waals surface area contributed by atoms with Gasteiger partial charge in [0.15, 0.2) is 0 Å². The minimum Gasteiger partial charge on any atom is -0.385 e. The molecule has 0 aromatic heterocycles.